The van der Waals surface area contributed by atoms with Crippen molar-refractivity contribution in [2.24, 2.45) is 5.92 Å². The largest absolute Gasteiger partial charge is 0.481 e. The molecule has 0 radical (unpaired) electrons. The number of halogens is 3. The molecule has 27 heavy (non-hydrogen) atoms. The molecule has 0 aromatic heterocycles. The van der Waals surface area contributed by atoms with Crippen LogP contribution in [0.2, 0.25) is 0 Å². The van der Waals surface area contributed by atoms with Gasteiger partial charge in [-0.1, -0.05) is 42.0 Å². The summed E-state index contributed by atoms with van der Waals surface area (Å²) in [6.45, 7) is 3.03. The van der Waals surface area contributed by atoms with Gasteiger partial charge in [0, 0.05) is 0 Å². The van der Waals surface area contributed by atoms with E-state index < -0.39 is 17.7 Å². The van der Waals surface area contributed by atoms with Gasteiger partial charge < -0.3 is 5.11 Å². The zero-order valence-electron chi connectivity index (χ0n) is 15.0. The highest BCUT2D eigenvalue weighted by Gasteiger charge is 2.33. The molecule has 0 spiro atoms. The standard InChI is InChI=1S/C21H22F3NO2/c1-14-5-7-15(8-6-14)19(25-11-9-16(10-12-25)20(26)27)17-3-2-4-18(13-17)21(22,23)24/h2-8,13,16,19H,9-12H2,1H3,(H,26,27). The first kappa shape index (κ1) is 19.4. The van der Waals surface area contributed by atoms with E-state index in [2.05, 4.69) is 4.90 Å². The second-order valence-corrected chi connectivity index (χ2v) is 7.08. The Hall–Kier alpha value is -2.34. The van der Waals surface area contributed by atoms with Gasteiger partial charge in [-0.3, -0.25) is 9.69 Å². The average molecular weight is 377 g/mol. The first-order valence-electron chi connectivity index (χ1n) is 8.96. The summed E-state index contributed by atoms with van der Waals surface area (Å²) in [4.78, 5) is 13.3. The predicted molar refractivity (Wildman–Crippen MR) is 96.4 cm³/mol. The van der Waals surface area contributed by atoms with Crippen molar-refractivity contribution < 1.29 is 23.1 Å². The van der Waals surface area contributed by atoms with Gasteiger partial charge in [-0.05, 0) is 56.1 Å². The Morgan fingerprint density at radius 1 is 1.07 bits per heavy atom. The lowest BCUT2D eigenvalue weighted by Gasteiger charge is -2.37. The average Bonchev–Trinajstić information content (AvgIpc) is 2.63. The Morgan fingerprint density at radius 3 is 2.26 bits per heavy atom. The molecule has 1 aliphatic heterocycles. The van der Waals surface area contributed by atoms with Crippen LogP contribution in [0.15, 0.2) is 48.5 Å². The van der Waals surface area contributed by atoms with Crippen molar-refractivity contribution in [3.8, 4) is 0 Å². The van der Waals surface area contributed by atoms with E-state index in [1.165, 1.54) is 12.1 Å². The fraction of sp³-hybridized carbons (Fsp3) is 0.381. The summed E-state index contributed by atoms with van der Waals surface area (Å²) < 4.78 is 39.6. The Kier molecular flexibility index (Phi) is 5.56. The number of aryl methyl sites for hydroxylation is 1. The zero-order valence-corrected chi connectivity index (χ0v) is 15.0. The first-order valence-corrected chi connectivity index (χ1v) is 8.96. The molecular weight excluding hydrogens is 355 g/mol. The first-order chi connectivity index (χ1) is 12.8. The molecule has 3 rings (SSSR count). The molecule has 6 heteroatoms. The molecule has 144 valence electrons. The van der Waals surface area contributed by atoms with Crippen molar-refractivity contribution in [1.29, 1.82) is 0 Å². The van der Waals surface area contributed by atoms with Crippen LogP contribution in [0.1, 0.15) is 41.1 Å². The van der Waals surface area contributed by atoms with Crippen molar-refractivity contribution in [2.75, 3.05) is 13.1 Å². The van der Waals surface area contributed by atoms with E-state index in [0.717, 1.165) is 17.2 Å². The maximum atomic E-state index is 13.2. The summed E-state index contributed by atoms with van der Waals surface area (Å²) in [6.07, 6.45) is -3.41. The van der Waals surface area contributed by atoms with Gasteiger partial charge >= 0.3 is 12.1 Å². The van der Waals surface area contributed by atoms with Crippen LogP contribution in [0.25, 0.3) is 0 Å². The van der Waals surface area contributed by atoms with E-state index in [-0.39, 0.29) is 12.0 Å². The SMILES string of the molecule is Cc1ccc(C(c2cccc(C(F)(F)F)c2)N2CCC(C(=O)O)CC2)cc1. The number of hydrogen-bond donors (Lipinski definition) is 1. The fourth-order valence-corrected chi connectivity index (χ4v) is 3.65. The normalized spacial score (nSPS) is 17.6. The van der Waals surface area contributed by atoms with Gasteiger partial charge in [0.2, 0.25) is 0 Å². The number of carbonyl (C=O) groups is 1. The maximum Gasteiger partial charge on any atom is 0.416 e. The van der Waals surface area contributed by atoms with E-state index in [0.29, 0.717) is 31.5 Å². The van der Waals surface area contributed by atoms with Crippen LogP contribution in [0.5, 0.6) is 0 Å². The van der Waals surface area contributed by atoms with Crippen LogP contribution in [-0.4, -0.2) is 29.1 Å². The second-order valence-electron chi connectivity index (χ2n) is 7.08. The lowest BCUT2D eigenvalue weighted by molar-refractivity contribution is -0.143. The molecule has 0 amide bonds. The van der Waals surface area contributed by atoms with Crippen LogP contribution in [-0.2, 0) is 11.0 Å². The molecule has 1 heterocycles. The van der Waals surface area contributed by atoms with Crippen molar-refractivity contribution in [1.82, 2.24) is 4.90 Å². The number of carboxylic acid groups (broad SMARTS) is 1. The molecule has 2 aromatic rings. The van der Waals surface area contributed by atoms with Crippen LogP contribution in [0, 0.1) is 12.8 Å². The predicted octanol–water partition coefficient (Wildman–Crippen LogP) is 4.90. The van der Waals surface area contributed by atoms with E-state index in [9.17, 15) is 23.1 Å². The van der Waals surface area contributed by atoms with Crippen LogP contribution in [0.4, 0.5) is 13.2 Å². The summed E-state index contributed by atoms with van der Waals surface area (Å²) in [5.41, 5.74) is 1.89. The number of aliphatic carboxylic acids is 1. The van der Waals surface area contributed by atoms with Gasteiger partial charge in [0.25, 0.3) is 0 Å². The molecule has 1 N–H and O–H groups in total. The highest BCUT2D eigenvalue weighted by atomic mass is 19.4. The molecule has 0 bridgehead atoms. The number of likely N-dealkylation sites (tertiary alicyclic amines) is 1. The molecule has 1 fully saturated rings. The van der Waals surface area contributed by atoms with E-state index in [1.807, 2.05) is 31.2 Å². The van der Waals surface area contributed by atoms with Gasteiger partial charge in [-0.25, -0.2) is 0 Å². The summed E-state index contributed by atoms with van der Waals surface area (Å²) in [7, 11) is 0. The van der Waals surface area contributed by atoms with Crippen molar-refractivity contribution in [3.63, 3.8) is 0 Å². The van der Waals surface area contributed by atoms with E-state index >= 15 is 0 Å². The lowest BCUT2D eigenvalue weighted by atomic mass is 9.90. The van der Waals surface area contributed by atoms with Crippen molar-refractivity contribution >= 4 is 5.97 Å². The van der Waals surface area contributed by atoms with Crippen LogP contribution < -0.4 is 0 Å². The Balaban J connectivity index is 1.96. The molecule has 0 saturated carbocycles. The third kappa shape index (κ3) is 4.50. The number of carboxylic acids is 1. The van der Waals surface area contributed by atoms with Gasteiger partial charge in [0.1, 0.15) is 0 Å². The molecular formula is C21H22F3NO2. The second kappa shape index (κ2) is 7.72. The molecule has 1 saturated heterocycles. The number of nitrogens with zero attached hydrogens (tertiary/aromatic N) is 1. The van der Waals surface area contributed by atoms with Crippen molar-refractivity contribution in [2.45, 2.75) is 32.0 Å². The topological polar surface area (TPSA) is 40.5 Å². The quantitative estimate of drug-likeness (QED) is 0.824. The van der Waals surface area contributed by atoms with Gasteiger partial charge in [-0.2, -0.15) is 13.2 Å². The number of benzene rings is 2. The third-order valence-corrected chi connectivity index (χ3v) is 5.17. The summed E-state index contributed by atoms with van der Waals surface area (Å²) in [5, 5.41) is 9.21. The Morgan fingerprint density at radius 2 is 1.70 bits per heavy atom. The summed E-state index contributed by atoms with van der Waals surface area (Å²) in [5.74, 6) is -1.19. The minimum atomic E-state index is -4.40. The summed E-state index contributed by atoms with van der Waals surface area (Å²) >= 11 is 0. The fourth-order valence-electron chi connectivity index (χ4n) is 3.65. The number of hydrogen-bond acceptors (Lipinski definition) is 2. The maximum absolute atomic E-state index is 13.2. The molecule has 3 nitrogen and oxygen atoms in total. The Labute approximate surface area is 156 Å². The molecule has 1 atom stereocenters. The number of alkyl halides is 3. The number of piperidine rings is 1. The van der Waals surface area contributed by atoms with Crippen molar-refractivity contribution in [3.05, 3.63) is 70.8 Å². The monoisotopic (exact) mass is 377 g/mol. The highest BCUT2D eigenvalue weighted by molar-refractivity contribution is 5.70. The molecule has 1 aliphatic rings. The highest BCUT2D eigenvalue weighted by Crippen LogP contribution is 2.36. The van der Waals surface area contributed by atoms with E-state index in [4.69, 9.17) is 0 Å². The van der Waals surface area contributed by atoms with Gasteiger partial charge in [-0.15, -0.1) is 0 Å². The van der Waals surface area contributed by atoms with Gasteiger partial charge in [0.15, 0.2) is 0 Å². The lowest BCUT2D eigenvalue weighted by Crippen LogP contribution is -2.39. The Bertz CT molecular complexity index is 794. The summed E-state index contributed by atoms with van der Waals surface area (Å²) in [6, 6.07) is 12.8. The van der Waals surface area contributed by atoms with E-state index in [1.54, 1.807) is 6.07 Å². The van der Waals surface area contributed by atoms with Gasteiger partial charge in [0.05, 0.1) is 17.5 Å². The molecule has 1 unspecified atom stereocenters. The zero-order chi connectivity index (χ0) is 19.6. The van der Waals surface area contributed by atoms with Crippen LogP contribution in [0.3, 0.4) is 0 Å². The smallest absolute Gasteiger partial charge is 0.416 e. The van der Waals surface area contributed by atoms with Crippen LogP contribution >= 0.6 is 0 Å². The third-order valence-electron chi connectivity index (χ3n) is 5.17. The molecule has 0 aliphatic carbocycles. The minimum Gasteiger partial charge on any atom is -0.481 e. The number of rotatable bonds is 4. The minimum absolute atomic E-state index is 0.331. The molecule has 2 aromatic carbocycles.